The number of aromatic nitrogens is 4. The lowest BCUT2D eigenvalue weighted by Crippen LogP contribution is -2.25. The van der Waals surface area contributed by atoms with Crippen molar-refractivity contribution in [3.8, 4) is 0 Å². The van der Waals surface area contributed by atoms with E-state index in [-0.39, 0.29) is 5.91 Å². The first-order chi connectivity index (χ1) is 7.74. The first-order valence-electron chi connectivity index (χ1n) is 4.76. The van der Waals surface area contributed by atoms with Crippen LogP contribution in [0, 0.1) is 6.92 Å². The fourth-order valence-electron chi connectivity index (χ4n) is 1.21. The number of hydrogen-bond donors (Lipinski definition) is 2. The highest BCUT2D eigenvalue weighted by atomic mass is 32.1. The first-order valence-corrected chi connectivity index (χ1v) is 5.64. The van der Waals surface area contributed by atoms with Crippen molar-refractivity contribution < 1.29 is 4.79 Å². The van der Waals surface area contributed by atoms with Crippen LogP contribution in [0.2, 0.25) is 0 Å². The molecule has 84 valence electrons. The van der Waals surface area contributed by atoms with Crippen LogP contribution in [0.4, 0.5) is 0 Å². The second-order valence-electron chi connectivity index (χ2n) is 3.24. The fourth-order valence-corrected chi connectivity index (χ4v) is 1.83. The second kappa shape index (κ2) is 4.84. The molecule has 2 aromatic rings. The van der Waals surface area contributed by atoms with Crippen LogP contribution in [-0.4, -0.2) is 26.1 Å². The SMILES string of the molecule is Cc1nc(CC(=O)NCc2ncn[nH]2)cs1. The van der Waals surface area contributed by atoms with E-state index in [0.29, 0.717) is 18.8 Å². The second-order valence-corrected chi connectivity index (χ2v) is 4.31. The average molecular weight is 237 g/mol. The smallest absolute Gasteiger partial charge is 0.226 e. The Kier molecular flexibility index (Phi) is 3.25. The maximum atomic E-state index is 11.5. The Morgan fingerprint density at radius 3 is 3.12 bits per heavy atom. The predicted molar refractivity (Wildman–Crippen MR) is 58.8 cm³/mol. The van der Waals surface area contributed by atoms with Crippen LogP contribution in [0.3, 0.4) is 0 Å². The number of nitrogens with one attached hydrogen (secondary N) is 2. The minimum Gasteiger partial charge on any atom is -0.348 e. The Hall–Kier alpha value is -1.76. The molecule has 0 bridgehead atoms. The summed E-state index contributed by atoms with van der Waals surface area (Å²) < 4.78 is 0. The molecule has 1 amide bonds. The number of nitrogens with zero attached hydrogens (tertiary/aromatic N) is 3. The van der Waals surface area contributed by atoms with Gasteiger partial charge >= 0.3 is 0 Å². The molecule has 0 fully saturated rings. The number of aryl methyl sites for hydroxylation is 1. The van der Waals surface area contributed by atoms with E-state index in [9.17, 15) is 4.79 Å². The van der Waals surface area contributed by atoms with E-state index in [1.54, 1.807) is 11.3 Å². The van der Waals surface area contributed by atoms with Gasteiger partial charge in [0.2, 0.25) is 5.91 Å². The topological polar surface area (TPSA) is 83.6 Å². The summed E-state index contributed by atoms with van der Waals surface area (Å²) in [7, 11) is 0. The van der Waals surface area contributed by atoms with E-state index in [1.807, 2.05) is 12.3 Å². The van der Waals surface area contributed by atoms with E-state index >= 15 is 0 Å². The molecule has 2 rings (SSSR count). The number of H-pyrrole nitrogens is 1. The van der Waals surface area contributed by atoms with Gasteiger partial charge in [0.1, 0.15) is 12.2 Å². The largest absolute Gasteiger partial charge is 0.348 e. The predicted octanol–water partition coefficient (Wildman–Crippen LogP) is 0.429. The van der Waals surface area contributed by atoms with Gasteiger partial charge in [-0.3, -0.25) is 9.89 Å². The van der Waals surface area contributed by atoms with E-state index in [0.717, 1.165) is 10.7 Å². The van der Waals surface area contributed by atoms with Crippen molar-refractivity contribution in [2.75, 3.05) is 0 Å². The molecular formula is C9H11N5OS. The third-order valence-electron chi connectivity index (χ3n) is 1.93. The molecule has 0 saturated heterocycles. The van der Waals surface area contributed by atoms with Crippen molar-refractivity contribution in [3.05, 3.63) is 28.2 Å². The van der Waals surface area contributed by atoms with Gasteiger partial charge in [0.25, 0.3) is 0 Å². The van der Waals surface area contributed by atoms with Crippen LogP contribution in [0.15, 0.2) is 11.7 Å². The van der Waals surface area contributed by atoms with Gasteiger partial charge in [-0.15, -0.1) is 11.3 Å². The van der Waals surface area contributed by atoms with Crippen LogP contribution in [-0.2, 0) is 17.8 Å². The summed E-state index contributed by atoms with van der Waals surface area (Å²) in [5, 5.41) is 12.0. The number of rotatable bonds is 4. The van der Waals surface area contributed by atoms with Gasteiger partial charge in [0.05, 0.1) is 23.7 Å². The number of aromatic amines is 1. The van der Waals surface area contributed by atoms with Crippen molar-refractivity contribution in [1.82, 2.24) is 25.5 Å². The molecule has 0 spiro atoms. The molecule has 0 aliphatic heterocycles. The van der Waals surface area contributed by atoms with E-state index in [1.165, 1.54) is 6.33 Å². The quantitative estimate of drug-likeness (QED) is 0.807. The van der Waals surface area contributed by atoms with Crippen LogP contribution in [0.1, 0.15) is 16.5 Å². The molecule has 0 unspecified atom stereocenters. The van der Waals surface area contributed by atoms with Crippen molar-refractivity contribution in [3.63, 3.8) is 0 Å². The third-order valence-corrected chi connectivity index (χ3v) is 2.75. The molecule has 6 nitrogen and oxygen atoms in total. The van der Waals surface area contributed by atoms with Gasteiger partial charge in [-0.25, -0.2) is 9.97 Å². The standard InChI is InChI=1S/C9H11N5OS/c1-6-13-7(4-16-6)2-9(15)10-3-8-11-5-12-14-8/h4-5H,2-3H2,1H3,(H,10,15)(H,11,12,14). The third kappa shape index (κ3) is 2.86. The molecular weight excluding hydrogens is 226 g/mol. The number of hydrogen-bond acceptors (Lipinski definition) is 5. The molecule has 0 saturated carbocycles. The molecule has 7 heteroatoms. The van der Waals surface area contributed by atoms with E-state index < -0.39 is 0 Å². The first kappa shape index (κ1) is 10.7. The zero-order valence-corrected chi connectivity index (χ0v) is 9.54. The van der Waals surface area contributed by atoms with Gasteiger partial charge in [0.15, 0.2) is 0 Å². The lowest BCUT2D eigenvalue weighted by atomic mass is 10.3. The summed E-state index contributed by atoms with van der Waals surface area (Å²) in [6.07, 6.45) is 1.71. The van der Waals surface area contributed by atoms with Gasteiger partial charge in [-0.05, 0) is 6.92 Å². The van der Waals surface area contributed by atoms with E-state index in [4.69, 9.17) is 0 Å². The summed E-state index contributed by atoms with van der Waals surface area (Å²) in [6, 6.07) is 0. The number of amides is 1. The van der Waals surface area contributed by atoms with E-state index in [2.05, 4.69) is 25.5 Å². The summed E-state index contributed by atoms with van der Waals surface area (Å²) >= 11 is 1.54. The maximum absolute atomic E-state index is 11.5. The van der Waals surface area contributed by atoms with Gasteiger partial charge in [-0.1, -0.05) is 0 Å². The number of carbonyl (C=O) groups excluding carboxylic acids is 1. The van der Waals surface area contributed by atoms with Gasteiger partial charge in [-0.2, -0.15) is 5.10 Å². The Morgan fingerprint density at radius 1 is 1.62 bits per heavy atom. The van der Waals surface area contributed by atoms with Crippen molar-refractivity contribution in [2.45, 2.75) is 19.9 Å². The van der Waals surface area contributed by atoms with Crippen LogP contribution in [0.5, 0.6) is 0 Å². The molecule has 2 N–H and O–H groups in total. The molecule has 0 radical (unpaired) electrons. The zero-order valence-electron chi connectivity index (χ0n) is 8.73. The maximum Gasteiger partial charge on any atom is 0.226 e. The van der Waals surface area contributed by atoms with Crippen LogP contribution >= 0.6 is 11.3 Å². The molecule has 0 aliphatic rings. The van der Waals surface area contributed by atoms with Crippen LogP contribution < -0.4 is 5.32 Å². The van der Waals surface area contributed by atoms with Crippen LogP contribution in [0.25, 0.3) is 0 Å². The molecule has 2 aromatic heterocycles. The summed E-state index contributed by atoms with van der Waals surface area (Å²) in [6.45, 7) is 2.28. The summed E-state index contributed by atoms with van der Waals surface area (Å²) in [5.41, 5.74) is 0.803. The fraction of sp³-hybridized carbons (Fsp3) is 0.333. The summed E-state index contributed by atoms with van der Waals surface area (Å²) in [4.78, 5) is 19.6. The lowest BCUT2D eigenvalue weighted by molar-refractivity contribution is -0.120. The highest BCUT2D eigenvalue weighted by Gasteiger charge is 2.06. The molecule has 2 heterocycles. The number of carbonyl (C=O) groups is 1. The zero-order chi connectivity index (χ0) is 11.4. The Bertz CT molecular complexity index is 464. The minimum absolute atomic E-state index is 0.0679. The van der Waals surface area contributed by atoms with Crippen molar-refractivity contribution in [1.29, 1.82) is 0 Å². The Balaban J connectivity index is 1.81. The van der Waals surface area contributed by atoms with Crippen molar-refractivity contribution >= 4 is 17.2 Å². The van der Waals surface area contributed by atoms with Crippen molar-refractivity contribution in [2.24, 2.45) is 0 Å². The molecule has 16 heavy (non-hydrogen) atoms. The molecule has 0 aromatic carbocycles. The Morgan fingerprint density at radius 2 is 2.50 bits per heavy atom. The molecule has 0 atom stereocenters. The summed E-state index contributed by atoms with van der Waals surface area (Å²) in [5.74, 6) is 0.574. The highest BCUT2D eigenvalue weighted by Crippen LogP contribution is 2.08. The average Bonchev–Trinajstić information content (AvgIpc) is 2.87. The highest BCUT2D eigenvalue weighted by molar-refractivity contribution is 7.09. The normalized spacial score (nSPS) is 10.3. The molecule has 0 aliphatic carbocycles. The number of thiazole rings is 1. The lowest BCUT2D eigenvalue weighted by Gasteiger charge is -2.00. The Labute approximate surface area is 96.1 Å². The van der Waals surface area contributed by atoms with Gasteiger partial charge in [0, 0.05) is 5.38 Å². The minimum atomic E-state index is -0.0679. The van der Waals surface area contributed by atoms with Gasteiger partial charge < -0.3 is 5.32 Å². The monoisotopic (exact) mass is 237 g/mol.